The van der Waals surface area contributed by atoms with Gasteiger partial charge < -0.3 is 10.2 Å². The molecule has 104 valence electrons. The lowest BCUT2D eigenvalue weighted by Gasteiger charge is -2.17. The van der Waals surface area contributed by atoms with Gasteiger partial charge in [0, 0.05) is 30.7 Å². The lowest BCUT2D eigenvalue weighted by molar-refractivity contribution is 0.949. The Bertz CT molecular complexity index is 562. The predicted molar refractivity (Wildman–Crippen MR) is 81.0 cm³/mol. The van der Waals surface area contributed by atoms with Gasteiger partial charge in [-0.05, 0) is 43.2 Å². The van der Waals surface area contributed by atoms with Crippen molar-refractivity contribution in [2.24, 2.45) is 5.84 Å². The molecule has 2 aromatic rings. The zero-order valence-electron chi connectivity index (χ0n) is 11.2. The molecule has 0 amide bonds. The molecule has 6 heteroatoms. The van der Waals surface area contributed by atoms with Crippen LogP contribution in [0.4, 0.5) is 23.1 Å². The van der Waals surface area contributed by atoms with Crippen LogP contribution in [0, 0.1) is 0 Å². The zero-order valence-corrected chi connectivity index (χ0v) is 11.2. The lowest BCUT2D eigenvalue weighted by Crippen LogP contribution is -2.17. The number of hydrogen-bond acceptors (Lipinski definition) is 6. The molecule has 4 N–H and O–H groups in total. The van der Waals surface area contributed by atoms with Crippen LogP contribution in [0.25, 0.3) is 0 Å². The quantitative estimate of drug-likeness (QED) is 0.583. The Morgan fingerprint density at radius 1 is 1.05 bits per heavy atom. The van der Waals surface area contributed by atoms with Gasteiger partial charge in [0.1, 0.15) is 5.82 Å². The largest absolute Gasteiger partial charge is 0.372 e. The van der Waals surface area contributed by atoms with E-state index in [0.29, 0.717) is 11.8 Å². The molecule has 0 radical (unpaired) electrons. The highest BCUT2D eigenvalue weighted by Gasteiger charge is 2.11. The van der Waals surface area contributed by atoms with Gasteiger partial charge >= 0.3 is 0 Å². The summed E-state index contributed by atoms with van der Waals surface area (Å²) in [7, 11) is 0. The molecule has 2 heterocycles. The van der Waals surface area contributed by atoms with Crippen molar-refractivity contribution in [2.45, 2.75) is 12.8 Å². The van der Waals surface area contributed by atoms with Crippen molar-refractivity contribution in [1.82, 2.24) is 9.97 Å². The summed E-state index contributed by atoms with van der Waals surface area (Å²) in [6.45, 7) is 2.31. The standard InChI is InChI=1S/C14H18N6/c15-19-14-16-8-7-13(18-14)17-11-3-5-12(6-4-11)20-9-1-2-10-20/h3-8H,1-2,9-10,15H2,(H2,16,17,18,19). The Balaban J connectivity index is 1.71. The minimum absolute atomic E-state index is 0.392. The molecule has 1 saturated heterocycles. The Hall–Kier alpha value is -2.34. The molecule has 1 aliphatic rings. The summed E-state index contributed by atoms with van der Waals surface area (Å²) in [5.41, 5.74) is 4.70. The number of hydrazine groups is 1. The van der Waals surface area contributed by atoms with Gasteiger partial charge in [0.2, 0.25) is 5.95 Å². The molecule has 0 bridgehead atoms. The maximum Gasteiger partial charge on any atom is 0.239 e. The smallest absolute Gasteiger partial charge is 0.239 e. The predicted octanol–water partition coefficient (Wildman–Crippen LogP) is 2.11. The molecule has 1 aromatic heterocycles. The normalized spacial score (nSPS) is 14.3. The first-order valence-corrected chi connectivity index (χ1v) is 6.77. The first kappa shape index (κ1) is 12.7. The summed E-state index contributed by atoms with van der Waals surface area (Å²) in [5, 5.41) is 3.23. The van der Waals surface area contributed by atoms with E-state index < -0.39 is 0 Å². The van der Waals surface area contributed by atoms with Gasteiger partial charge in [0.15, 0.2) is 0 Å². The zero-order chi connectivity index (χ0) is 13.8. The van der Waals surface area contributed by atoms with Crippen LogP contribution in [0.15, 0.2) is 36.5 Å². The van der Waals surface area contributed by atoms with E-state index in [9.17, 15) is 0 Å². The Morgan fingerprint density at radius 3 is 2.50 bits per heavy atom. The third kappa shape index (κ3) is 2.80. The molecule has 0 spiro atoms. The number of hydrogen-bond donors (Lipinski definition) is 3. The van der Waals surface area contributed by atoms with Crippen molar-refractivity contribution in [3.63, 3.8) is 0 Å². The van der Waals surface area contributed by atoms with Crippen LogP contribution in [-0.4, -0.2) is 23.1 Å². The molecule has 0 aliphatic carbocycles. The van der Waals surface area contributed by atoms with E-state index in [1.54, 1.807) is 12.3 Å². The third-order valence-corrected chi connectivity index (χ3v) is 3.40. The monoisotopic (exact) mass is 270 g/mol. The second-order valence-corrected chi connectivity index (χ2v) is 4.78. The van der Waals surface area contributed by atoms with Crippen molar-refractivity contribution in [3.8, 4) is 0 Å². The fourth-order valence-corrected chi connectivity index (χ4v) is 2.38. The van der Waals surface area contributed by atoms with Gasteiger partial charge in [-0.25, -0.2) is 10.8 Å². The molecule has 6 nitrogen and oxygen atoms in total. The summed E-state index contributed by atoms with van der Waals surface area (Å²) in [4.78, 5) is 10.6. The average Bonchev–Trinajstić information content (AvgIpc) is 3.02. The number of nitrogen functional groups attached to an aromatic ring is 1. The minimum Gasteiger partial charge on any atom is -0.372 e. The van der Waals surface area contributed by atoms with E-state index in [1.165, 1.54) is 18.5 Å². The molecule has 1 fully saturated rings. The van der Waals surface area contributed by atoms with Crippen molar-refractivity contribution < 1.29 is 0 Å². The summed E-state index contributed by atoms with van der Waals surface area (Å²) < 4.78 is 0. The summed E-state index contributed by atoms with van der Waals surface area (Å²) in [6, 6.07) is 10.2. The first-order chi connectivity index (χ1) is 9.85. The van der Waals surface area contributed by atoms with E-state index in [-0.39, 0.29) is 0 Å². The summed E-state index contributed by atoms with van der Waals surface area (Å²) >= 11 is 0. The maximum absolute atomic E-state index is 5.29. The van der Waals surface area contributed by atoms with Gasteiger partial charge in [-0.2, -0.15) is 4.98 Å². The van der Waals surface area contributed by atoms with E-state index in [2.05, 4.69) is 49.9 Å². The number of anilines is 4. The molecule has 0 saturated carbocycles. The Labute approximate surface area is 118 Å². The number of benzene rings is 1. The number of nitrogens with two attached hydrogens (primary N) is 1. The van der Waals surface area contributed by atoms with Crippen molar-refractivity contribution in [1.29, 1.82) is 0 Å². The topological polar surface area (TPSA) is 79.1 Å². The van der Waals surface area contributed by atoms with Crippen molar-refractivity contribution >= 4 is 23.1 Å². The summed E-state index contributed by atoms with van der Waals surface area (Å²) in [6.07, 6.45) is 4.23. The van der Waals surface area contributed by atoms with Gasteiger partial charge in [0.05, 0.1) is 0 Å². The Morgan fingerprint density at radius 2 is 1.80 bits per heavy atom. The summed E-state index contributed by atoms with van der Waals surface area (Å²) in [5.74, 6) is 6.40. The fourth-order valence-electron chi connectivity index (χ4n) is 2.38. The van der Waals surface area contributed by atoms with Gasteiger partial charge in [-0.15, -0.1) is 0 Å². The highest BCUT2D eigenvalue weighted by atomic mass is 15.3. The van der Waals surface area contributed by atoms with Crippen LogP contribution < -0.4 is 21.5 Å². The molecule has 1 aliphatic heterocycles. The maximum atomic E-state index is 5.29. The van der Waals surface area contributed by atoms with Gasteiger partial charge in [0.25, 0.3) is 0 Å². The third-order valence-electron chi connectivity index (χ3n) is 3.40. The van der Waals surface area contributed by atoms with E-state index in [0.717, 1.165) is 18.8 Å². The lowest BCUT2D eigenvalue weighted by atomic mass is 10.2. The van der Waals surface area contributed by atoms with E-state index in [4.69, 9.17) is 5.84 Å². The molecule has 0 unspecified atom stereocenters. The SMILES string of the molecule is NNc1nccc(Nc2ccc(N3CCCC3)cc2)n1. The number of nitrogens with zero attached hydrogens (tertiary/aromatic N) is 3. The highest BCUT2D eigenvalue weighted by molar-refractivity contribution is 5.61. The Kier molecular flexibility index (Phi) is 3.64. The molecular weight excluding hydrogens is 252 g/mol. The van der Waals surface area contributed by atoms with E-state index in [1.807, 2.05) is 0 Å². The molecule has 1 aromatic carbocycles. The molecule has 0 atom stereocenters. The average molecular weight is 270 g/mol. The van der Waals surface area contributed by atoms with E-state index >= 15 is 0 Å². The second-order valence-electron chi connectivity index (χ2n) is 4.78. The van der Waals surface area contributed by atoms with Crippen LogP contribution in [-0.2, 0) is 0 Å². The van der Waals surface area contributed by atoms with Crippen molar-refractivity contribution in [2.75, 3.05) is 28.7 Å². The van der Waals surface area contributed by atoms with Crippen LogP contribution in [0.2, 0.25) is 0 Å². The molecule has 3 rings (SSSR count). The fraction of sp³-hybridized carbons (Fsp3) is 0.286. The van der Waals surface area contributed by atoms with Gasteiger partial charge in [-0.1, -0.05) is 0 Å². The van der Waals surface area contributed by atoms with Crippen LogP contribution in [0.3, 0.4) is 0 Å². The first-order valence-electron chi connectivity index (χ1n) is 6.77. The second kappa shape index (κ2) is 5.75. The van der Waals surface area contributed by atoms with Crippen molar-refractivity contribution in [3.05, 3.63) is 36.5 Å². The molecular formula is C14H18N6. The number of rotatable bonds is 4. The minimum atomic E-state index is 0.392. The highest BCUT2D eigenvalue weighted by Crippen LogP contribution is 2.23. The van der Waals surface area contributed by atoms with Crippen LogP contribution >= 0.6 is 0 Å². The van der Waals surface area contributed by atoms with Crippen LogP contribution in [0.5, 0.6) is 0 Å². The number of nitrogens with one attached hydrogen (secondary N) is 2. The van der Waals surface area contributed by atoms with Gasteiger partial charge in [-0.3, -0.25) is 5.43 Å². The van der Waals surface area contributed by atoms with Crippen LogP contribution in [0.1, 0.15) is 12.8 Å². The number of aromatic nitrogens is 2. The molecule has 20 heavy (non-hydrogen) atoms.